The van der Waals surface area contributed by atoms with Crippen LogP contribution in [0.4, 0.5) is 5.69 Å². The average Bonchev–Trinajstić information content (AvgIpc) is 4.10. The van der Waals surface area contributed by atoms with E-state index in [9.17, 15) is 22.8 Å². The number of pyridine rings is 1. The highest BCUT2D eigenvalue weighted by molar-refractivity contribution is 7.91. The van der Waals surface area contributed by atoms with E-state index in [4.69, 9.17) is 31.0 Å². The Kier molecular flexibility index (Phi) is 11.9. The van der Waals surface area contributed by atoms with E-state index in [0.717, 1.165) is 47.3 Å². The molecule has 5 atom stereocenters. The molecule has 4 heterocycles. The molecule has 3 amide bonds. The van der Waals surface area contributed by atoms with Gasteiger partial charge < -0.3 is 25.0 Å². The van der Waals surface area contributed by atoms with Crippen molar-refractivity contribution in [3.8, 4) is 22.2 Å². The molecule has 0 radical (unpaired) electrons. The molecule has 2 saturated carbocycles. The molecule has 16 heteroatoms. The van der Waals surface area contributed by atoms with Gasteiger partial charge in [0, 0.05) is 45.4 Å². The van der Waals surface area contributed by atoms with Crippen molar-refractivity contribution >= 4 is 67.3 Å². The van der Waals surface area contributed by atoms with Crippen molar-refractivity contribution in [2.24, 2.45) is 5.92 Å². The molecule has 13 nitrogen and oxygen atoms in total. The van der Waals surface area contributed by atoms with Gasteiger partial charge in [0.05, 0.1) is 30.1 Å². The van der Waals surface area contributed by atoms with Crippen LogP contribution in [0.5, 0.6) is 11.5 Å². The summed E-state index contributed by atoms with van der Waals surface area (Å²) in [6, 6.07) is 11.0. The van der Waals surface area contributed by atoms with Gasteiger partial charge in [0.15, 0.2) is 0 Å². The van der Waals surface area contributed by atoms with Crippen LogP contribution in [-0.2, 0) is 24.4 Å². The van der Waals surface area contributed by atoms with Gasteiger partial charge in [-0.3, -0.25) is 19.1 Å². The third kappa shape index (κ3) is 8.71. The van der Waals surface area contributed by atoms with Gasteiger partial charge in [-0.25, -0.2) is 18.4 Å². The SMILES string of the molecule is COc1ccc2c(O[C@@H]3C[C@H]4C(=O)N[C@]5(C(=O)NS(=O)(=O)C6CC6)C[C@@H]5/C=C\CCCCC[C@H](Nc5ccc(Cl)cc5)C(=O)N4C3)cc(-c3nc(C(C)C)cs3)nc2c1C. The molecule has 4 aromatic rings. The van der Waals surface area contributed by atoms with Crippen LogP contribution in [0.25, 0.3) is 21.6 Å². The zero-order chi connectivity index (χ0) is 42.3. The first-order valence-electron chi connectivity index (χ1n) is 20.7. The Morgan fingerprint density at radius 3 is 2.55 bits per heavy atom. The van der Waals surface area contributed by atoms with Gasteiger partial charge in [-0.1, -0.05) is 50.4 Å². The summed E-state index contributed by atoms with van der Waals surface area (Å²) in [5, 5.41) is 9.84. The molecule has 2 aliphatic heterocycles. The molecular weight excluding hydrogens is 824 g/mol. The Labute approximate surface area is 359 Å². The number of ether oxygens (including phenoxy) is 2. The normalized spacial score (nSPS) is 25.4. The molecular formula is C44H51ClN6O7S2. The maximum atomic E-state index is 14.9. The molecule has 2 aliphatic carbocycles. The molecule has 2 aromatic carbocycles. The largest absolute Gasteiger partial charge is 0.496 e. The first-order valence-corrected chi connectivity index (χ1v) is 23.5. The van der Waals surface area contributed by atoms with Crippen LogP contribution in [0, 0.1) is 12.8 Å². The smallest absolute Gasteiger partial charge is 0.259 e. The fourth-order valence-corrected chi connectivity index (χ4v) is 10.7. The molecule has 3 N–H and O–H groups in total. The number of sulfonamides is 1. The summed E-state index contributed by atoms with van der Waals surface area (Å²) in [6.07, 6.45) is 8.35. The van der Waals surface area contributed by atoms with Crippen LogP contribution in [0.1, 0.15) is 88.8 Å². The van der Waals surface area contributed by atoms with Gasteiger partial charge >= 0.3 is 0 Å². The maximum absolute atomic E-state index is 14.9. The lowest BCUT2D eigenvalue weighted by molar-refractivity contribution is -0.140. The highest BCUT2D eigenvalue weighted by Crippen LogP contribution is 2.46. The van der Waals surface area contributed by atoms with Crippen LogP contribution >= 0.6 is 22.9 Å². The maximum Gasteiger partial charge on any atom is 0.259 e. The first kappa shape index (κ1) is 42.0. The van der Waals surface area contributed by atoms with E-state index in [2.05, 4.69) is 29.2 Å². The molecule has 2 aromatic heterocycles. The number of nitrogens with zero attached hydrogens (tertiary/aromatic N) is 3. The standard InChI is InChI=1S/C44H51ClN6O7S2/c1-25(2)35-24-59-41(48-35)34-21-38(32-18-19-37(57-4)26(3)39(32)47-34)58-30-20-36-40(52)49-44(43(54)50-60(55,56)31-16-17-31)22-27(44)10-8-6-5-7-9-11-33(42(53)51(36)23-30)46-29-14-12-28(45)13-15-29/h8,10,12-15,18-19,21,24-25,27,30-31,33,36,46H,5-7,9,11,16-17,20,22-23H2,1-4H3,(H,49,52)(H,50,54)/b10-8-/t27-,30+,33-,36-,44+/m0/s1. The predicted octanol–water partition coefficient (Wildman–Crippen LogP) is 7.28. The Balaban J connectivity index is 1.15. The zero-order valence-corrected chi connectivity index (χ0v) is 36.6. The number of aromatic nitrogens is 2. The number of rotatable bonds is 10. The number of thiazole rings is 1. The third-order valence-corrected chi connectivity index (χ3v) is 15.0. The van der Waals surface area contributed by atoms with Crippen molar-refractivity contribution in [2.45, 2.75) is 113 Å². The number of halogens is 1. The summed E-state index contributed by atoms with van der Waals surface area (Å²) < 4.78 is 40.7. The number of benzene rings is 2. The summed E-state index contributed by atoms with van der Waals surface area (Å²) >= 11 is 7.70. The zero-order valence-electron chi connectivity index (χ0n) is 34.2. The van der Waals surface area contributed by atoms with Crippen molar-refractivity contribution in [1.82, 2.24) is 24.9 Å². The molecule has 3 fully saturated rings. The monoisotopic (exact) mass is 874 g/mol. The number of fused-ring (bicyclic) bond motifs is 3. The number of hydrogen-bond donors (Lipinski definition) is 3. The summed E-state index contributed by atoms with van der Waals surface area (Å²) in [4.78, 5) is 54.9. The second kappa shape index (κ2) is 17.0. The van der Waals surface area contributed by atoms with Crippen molar-refractivity contribution in [3.63, 3.8) is 0 Å². The first-order chi connectivity index (χ1) is 28.8. The Bertz CT molecular complexity index is 2440. The lowest BCUT2D eigenvalue weighted by Crippen LogP contribution is -2.57. The van der Waals surface area contributed by atoms with Crippen LogP contribution in [0.3, 0.4) is 0 Å². The van der Waals surface area contributed by atoms with E-state index < -0.39 is 56.7 Å². The topological polar surface area (TPSA) is 169 Å². The minimum atomic E-state index is -3.88. The van der Waals surface area contributed by atoms with Crippen LogP contribution in [0.15, 0.2) is 60.0 Å². The molecule has 1 saturated heterocycles. The summed E-state index contributed by atoms with van der Waals surface area (Å²) in [5.41, 5.74) is 2.33. The van der Waals surface area contributed by atoms with Crippen molar-refractivity contribution < 1.29 is 32.3 Å². The fourth-order valence-electron chi connectivity index (χ4n) is 8.25. The average molecular weight is 876 g/mol. The number of carbonyl (C=O) groups excluding carboxylic acids is 3. The molecule has 0 spiro atoms. The Morgan fingerprint density at radius 1 is 1.05 bits per heavy atom. The number of nitrogens with one attached hydrogen (secondary N) is 3. The highest BCUT2D eigenvalue weighted by Gasteiger charge is 2.62. The molecule has 318 valence electrons. The van der Waals surface area contributed by atoms with Crippen molar-refractivity contribution in [2.75, 3.05) is 19.0 Å². The number of amides is 3. The summed E-state index contributed by atoms with van der Waals surface area (Å²) in [6.45, 7) is 6.20. The number of aryl methyl sites for hydroxylation is 1. The van der Waals surface area contributed by atoms with Crippen molar-refractivity contribution in [3.05, 3.63) is 76.3 Å². The van der Waals surface area contributed by atoms with E-state index in [1.807, 2.05) is 54.8 Å². The lowest BCUT2D eigenvalue weighted by atomic mass is 10.0. The van der Waals surface area contributed by atoms with Gasteiger partial charge in [0.25, 0.3) is 5.91 Å². The minimum absolute atomic E-state index is 0.0807. The molecule has 60 heavy (non-hydrogen) atoms. The number of hydrogen-bond acceptors (Lipinski definition) is 11. The van der Waals surface area contributed by atoms with E-state index >= 15 is 0 Å². The number of carbonyl (C=O) groups is 3. The number of anilines is 1. The van der Waals surface area contributed by atoms with Gasteiger partial charge in [-0.05, 0) is 87.8 Å². The molecule has 0 unspecified atom stereocenters. The number of allylic oxidation sites excluding steroid dienone is 1. The van der Waals surface area contributed by atoms with E-state index in [-0.39, 0.29) is 31.2 Å². The van der Waals surface area contributed by atoms with Crippen LogP contribution in [-0.4, -0.2) is 83.6 Å². The summed E-state index contributed by atoms with van der Waals surface area (Å²) in [5.74, 6) is -0.561. The quantitative estimate of drug-likeness (QED) is 0.138. The highest BCUT2D eigenvalue weighted by atomic mass is 35.5. The van der Waals surface area contributed by atoms with Gasteiger partial charge in [0.1, 0.15) is 45.9 Å². The molecule has 8 rings (SSSR count). The van der Waals surface area contributed by atoms with Gasteiger partial charge in [0.2, 0.25) is 21.8 Å². The van der Waals surface area contributed by atoms with Gasteiger partial charge in [-0.15, -0.1) is 11.3 Å². The minimum Gasteiger partial charge on any atom is -0.496 e. The van der Waals surface area contributed by atoms with Gasteiger partial charge in [-0.2, -0.15) is 0 Å². The molecule has 0 bridgehead atoms. The van der Waals surface area contributed by atoms with E-state index in [0.29, 0.717) is 52.7 Å². The Hall–Kier alpha value is -4.73. The number of methoxy groups -OCH3 is 1. The Morgan fingerprint density at radius 2 is 1.83 bits per heavy atom. The third-order valence-electron chi connectivity index (χ3n) is 12.0. The molecule has 4 aliphatic rings. The van der Waals surface area contributed by atoms with E-state index in [1.54, 1.807) is 24.1 Å². The second-order valence-corrected chi connectivity index (χ2v) is 20.0. The lowest BCUT2D eigenvalue weighted by Gasteiger charge is -2.30. The van der Waals surface area contributed by atoms with Crippen LogP contribution in [0.2, 0.25) is 5.02 Å². The fraction of sp³-hybridized carbons (Fsp3) is 0.477. The van der Waals surface area contributed by atoms with Crippen LogP contribution < -0.4 is 24.8 Å². The summed E-state index contributed by atoms with van der Waals surface area (Å²) in [7, 11) is -2.27. The predicted molar refractivity (Wildman–Crippen MR) is 233 cm³/mol. The van der Waals surface area contributed by atoms with Crippen molar-refractivity contribution in [1.29, 1.82) is 0 Å². The van der Waals surface area contributed by atoms with E-state index in [1.165, 1.54) is 11.3 Å². The second-order valence-electron chi connectivity index (χ2n) is 16.7.